The van der Waals surface area contributed by atoms with E-state index in [0.29, 0.717) is 0 Å². The predicted molar refractivity (Wildman–Crippen MR) is 56.7 cm³/mol. The number of hydrogen-bond donors (Lipinski definition) is 0. The fourth-order valence-electron chi connectivity index (χ4n) is 0.795. The van der Waals surface area contributed by atoms with Gasteiger partial charge in [-0.25, -0.2) is 9.13 Å². The molecule has 0 unspecified atom stereocenters. The van der Waals surface area contributed by atoms with Gasteiger partial charge in [0.2, 0.25) is 13.7 Å². The van der Waals surface area contributed by atoms with E-state index in [4.69, 9.17) is 0 Å². The summed E-state index contributed by atoms with van der Waals surface area (Å²) in [6.07, 6.45) is 2.11. The molecule has 1 aromatic rings. The highest BCUT2D eigenvalue weighted by atomic mass is 127. The highest BCUT2D eigenvalue weighted by Gasteiger charge is 2.13. The third kappa shape index (κ3) is 1.46. The molecule has 2 nitrogen and oxygen atoms in total. The van der Waals surface area contributed by atoms with E-state index < -0.39 is 0 Å². The third-order valence-corrected chi connectivity index (χ3v) is 4.82. The standard InChI is InChI=1S/C6H9I2N2/c1-3-10-4-9(2)5(7)6(10)8/h4H,3H2,1-2H3/q+1. The summed E-state index contributed by atoms with van der Waals surface area (Å²) < 4.78 is 6.98. The van der Waals surface area contributed by atoms with E-state index in [1.165, 1.54) is 7.40 Å². The molecule has 0 aliphatic heterocycles. The molecule has 10 heavy (non-hydrogen) atoms. The number of rotatable bonds is 1. The molecule has 0 saturated carbocycles. The van der Waals surface area contributed by atoms with Gasteiger partial charge in [0.05, 0.1) is 13.6 Å². The van der Waals surface area contributed by atoms with Crippen molar-refractivity contribution in [2.75, 3.05) is 0 Å². The zero-order valence-corrected chi connectivity index (χ0v) is 10.2. The summed E-state index contributed by atoms with van der Waals surface area (Å²) in [7, 11) is 2.07. The van der Waals surface area contributed by atoms with Gasteiger partial charge in [-0.3, -0.25) is 0 Å². The smallest absolute Gasteiger partial charge is 0.227 e. The van der Waals surface area contributed by atoms with E-state index in [1.54, 1.807) is 0 Å². The van der Waals surface area contributed by atoms with Gasteiger partial charge in [-0.15, -0.1) is 0 Å². The van der Waals surface area contributed by atoms with Gasteiger partial charge in [-0.1, -0.05) is 0 Å². The van der Waals surface area contributed by atoms with Gasteiger partial charge in [0.15, 0.2) is 0 Å². The van der Waals surface area contributed by atoms with Crippen LogP contribution >= 0.6 is 45.2 Å². The average molecular weight is 363 g/mol. The summed E-state index contributed by atoms with van der Waals surface area (Å²) in [6, 6.07) is 0. The molecule has 0 aromatic carbocycles. The molecule has 0 fully saturated rings. The van der Waals surface area contributed by atoms with Gasteiger partial charge in [0.1, 0.15) is 0 Å². The van der Waals surface area contributed by atoms with Crippen molar-refractivity contribution < 1.29 is 4.57 Å². The summed E-state index contributed by atoms with van der Waals surface area (Å²) >= 11 is 4.71. The maximum absolute atomic E-state index is 2.36. The highest BCUT2D eigenvalue weighted by Crippen LogP contribution is 2.10. The quantitative estimate of drug-likeness (QED) is 0.529. The molecule has 0 radical (unpaired) electrons. The molecular weight excluding hydrogens is 354 g/mol. The first-order valence-electron chi connectivity index (χ1n) is 3.06. The minimum atomic E-state index is 1.05. The first-order chi connectivity index (χ1) is 4.66. The Morgan fingerprint density at radius 1 is 1.60 bits per heavy atom. The summed E-state index contributed by atoms with van der Waals surface area (Å²) in [5, 5.41) is 0. The van der Waals surface area contributed by atoms with Crippen LogP contribution in [0.25, 0.3) is 0 Å². The fourth-order valence-corrected chi connectivity index (χ4v) is 2.08. The second kappa shape index (κ2) is 3.38. The molecular formula is C6H9I2N2+. The predicted octanol–water partition coefficient (Wildman–Crippen LogP) is 1.54. The van der Waals surface area contributed by atoms with E-state index in [9.17, 15) is 0 Å². The molecule has 1 rings (SSSR count). The topological polar surface area (TPSA) is 8.81 Å². The van der Waals surface area contributed by atoms with Crippen LogP contribution in [0.1, 0.15) is 6.92 Å². The number of aryl methyl sites for hydroxylation is 2. The van der Waals surface area contributed by atoms with Crippen LogP contribution in [-0.2, 0) is 13.6 Å². The second-order valence-electron chi connectivity index (χ2n) is 2.09. The molecule has 1 heterocycles. The summed E-state index contributed by atoms with van der Waals surface area (Å²) in [4.78, 5) is 0. The van der Waals surface area contributed by atoms with Crippen molar-refractivity contribution in [2.45, 2.75) is 13.5 Å². The van der Waals surface area contributed by atoms with Crippen LogP contribution in [-0.4, -0.2) is 4.57 Å². The summed E-state index contributed by atoms with van der Waals surface area (Å²) in [5.41, 5.74) is 0. The normalized spacial score (nSPS) is 10.4. The number of halogens is 2. The van der Waals surface area contributed by atoms with Gasteiger partial charge in [0.25, 0.3) is 0 Å². The molecule has 0 aliphatic carbocycles. The van der Waals surface area contributed by atoms with Crippen LogP contribution in [0.5, 0.6) is 0 Å². The molecule has 0 bridgehead atoms. The Morgan fingerprint density at radius 2 is 2.20 bits per heavy atom. The molecule has 4 heteroatoms. The van der Waals surface area contributed by atoms with Gasteiger partial charge < -0.3 is 0 Å². The molecule has 0 atom stereocenters. The Balaban J connectivity index is 3.17. The lowest BCUT2D eigenvalue weighted by atomic mass is 10.7. The minimum Gasteiger partial charge on any atom is -0.227 e. The van der Waals surface area contributed by atoms with Gasteiger partial charge in [-0.2, -0.15) is 0 Å². The van der Waals surface area contributed by atoms with Crippen LogP contribution in [0.3, 0.4) is 0 Å². The summed E-state index contributed by atoms with van der Waals surface area (Å²) in [5.74, 6) is 0. The number of hydrogen-bond acceptors (Lipinski definition) is 0. The third-order valence-electron chi connectivity index (χ3n) is 1.39. The zero-order chi connectivity index (χ0) is 7.72. The summed E-state index contributed by atoms with van der Waals surface area (Å²) in [6.45, 7) is 3.20. The van der Waals surface area contributed by atoms with Crippen molar-refractivity contribution in [1.82, 2.24) is 4.57 Å². The fraction of sp³-hybridized carbons (Fsp3) is 0.500. The molecule has 1 aromatic heterocycles. The van der Waals surface area contributed by atoms with Crippen molar-refractivity contribution in [2.24, 2.45) is 7.05 Å². The highest BCUT2D eigenvalue weighted by molar-refractivity contribution is 14.1. The van der Waals surface area contributed by atoms with E-state index in [-0.39, 0.29) is 0 Å². The van der Waals surface area contributed by atoms with E-state index in [0.717, 1.165) is 6.54 Å². The van der Waals surface area contributed by atoms with Crippen molar-refractivity contribution in [3.05, 3.63) is 13.7 Å². The van der Waals surface area contributed by atoms with E-state index in [1.807, 2.05) is 0 Å². The molecule has 0 amide bonds. The Morgan fingerprint density at radius 3 is 2.40 bits per heavy atom. The van der Waals surface area contributed by atoms with Gasteiger partial charge in [-0.05, 0) is 6.92 Å². The van der Waals surface area contributed by atoms with E-state index in [2.05, 4.69) is 74.6 Å². The first-order valence-corrected chi connectivity index (χ1v) is 5.22. The molecule has 0 aliphatic rings. The first kappa shape index (κ1) is 8.76. The van der Waals surface area contributed by atoms with Crippen LogP contribution in [0.15, 0.2) is 6.33 Å². The number of imidazole rings is 1. The van der Waals surface area contributed by atoms with E-state index >= 15 is 0 Å². The molecule has 0 saturated heterocycles. The Labute approximate surface area is 87.9 Å². The Bertz CT molecular complexity index is 242. The van der Waals surface area contributed by atoms with Crippen molar-refractivity contribution in [3.8, 4) is 0 Å². The van der Waals surface area contributed by atoms with Crippen molar-refractivity contribution >= 4 is 45.2 Å². The van der Waals surface area contributed by atoms with Crippen LogP contribution in [0, 0.1) is 7.40 Å². The Hall–Kier alpha value is 0.670. The van der Waals surface area contributed by atoms with Crippen LogP contribution in [0.4, 0.5) is 0 Å². The van der Waals surface area contributed by atoms with Crippen LogP contribution in [0.2, 0.25) is 0 Å². The minimum absolute atomic E-state index is 1.05. The van der Waals surface area contributed by atoms with Gasteiger partial charge in [0, 0.05) is 45.2 Å². The second-order valence-corrected chi connectivity index (χ2v) is 4.14. The monoisotopic (exact) mass is 363 g/mol. The number of nitrogens with zero attached hydrogens (tertiary/aromatic N) is 2. The SMILES string of the molecule is CCn1c[n+](C)c(I)c1I. The van der Waals surface area contributed by atoms with Crippen LogP contribution < -0.4 is 4.57 Å². The lowest BCUT2D eigenvalue weighted by Crippen LogP contribution is -2.28. The zero-order valence-electron chi connectivity index (χ0n) is 5.93. The Kier molecular flexibility index (Phi) is 2.96. The van der Waals surface area contributed by atoms with Gasteiger partial charge >= 0.3 is 0 Å². The maximum Gasteiger partial charge on any atom is 0.245 e. The van der Waals surface area contributed by atoms with Crippen molar-refractivity contribution in [1.29, 1.82) is 0 Å². The average Bonchev–Trinajstić information content (AvgIpc) is 2.17. The largest absolute Gasteiger partial charge is 0.245 e. The number of aromatic nitrogens is 2. The lowest BCUT2D eigenvalue weighted by Gasteiger charge is -1.86. The van der Waals surface area contributed by atoms with Crippen molar-refractivity contribution in [3.63, 3.8) is 0 Å². The molecule has 0 spiro atoms. The molecule has 56 valence electrons. The maximum atomic E-state index is 2.36. The molecule has 0 N–H and O–H groups in total. The lowest BCUT2D eigenvalue weighted by molar-refractivity contribution is -0.683.